The highest BCUT2D eigenvalue weighted by Crippen LogP contribution is 2.24. The molecule has 0 atom stereocenters. The summed E-state index contributed by atoms with van der Waals surface area (Å²) in [6, 6.07) is 17.3. The zero-order chi connectivity index (χ0) is 19.3. The first-order valence-electron chi connectivity index (χ1n) is 8.63. The van der Waals surface area contributed by atoms with Crippen molar-refractivity contribution in [2.45, 2.75) is 17.7 Å². The molecule has 2 aromatic carbocycles. The van der Waals surface area contributed by atoms with E-state index in [1.807, 2.05) is 18.2 Å². The standard InChI is InChI=1S/C19H21N3O4S/c20-18(15-7-3-1-4-8-15)21-26-19(23)16-11-13-22(14-12-16)27(24,25)17-9-5-2-6-10-17/h1-10,16H,11-14H2,(H2,20,21). The molecule has 0 aliphatic carbocycles. The van der Waals surface area contributed by atoms with Crippen LogP contribution in [0, 0.1) is 5.92 Å². The summed E-state index contributed by atoms with van der Waals surface area (Å²) < 4.78 is 26.6. The van der Waals surface area contributed by atoms with Gasteiger partial charge in [-0.05, 0) is 25.0 Å². The first kappa shape index (κ1) is 19.1. The van der Waals surface area contributed by atoms with Crippen LogP contribution in [0.5, 0.6) is 0 Å². The van der Waals surface area contributed by atoms with Gasteiger partial charge in [0.1, 0.15) is 0 Å². The maximum Gasteiger partial charge on any atom is 0.338 e. The summed E-state index contributed by atoms with van der Waals surface area (Å²) in [6.45, 7) is 0.518. The third kappa shape index (κ3) is 4.53. The number of sulfonamides is 1. The van der Waals surface area contributed by atoms with Crippen LogP contribution in [0.1, 0.15) is 18.4 Å². The second-order valence-corrected chi connectivity index (χ2v) is 8.18. The first-order valence-corrected chi connectivity index (χ1v) is 10.1. The molecule has 0 amide bonds. The lowest BCUT2D eigenvalue weighted by atomic mass is 9.99. The number of carbonyl (C=O) groups excluding carboxylic acids is 1. The second kappa shape index (κ2) is 8.32. The zero-order valence-corrected chi connectivity index (χ0v) is 15.5. The number of piperidine rings is 1. The van der Waals surface area contributed by atoms with E-state index >= 15 is 0 Å². The largest absolute Gasteiger partial charge is 0.380 e. The van der Waals surface area contributed by atoms with Gasteiger partial charge in [0.25, 0.3) is 0 Å². The van der Waals surface area contributed by atoms with Crippen molar-refractivity contribution in [2.75, 3.05) is 13.1 Å². The summed E-state index contributed by atoms with van der Waals surface area (Å²) in [5.41, 5.74) is 6.46. The van der Waals surface area contributed by atoms with E-state index in [4.69, 9.17) is 10.6 Å². The zero-order valence-electron chi connectivity index (χ0n) is 14.7. The number of hydrogen-bond acceptors (Lipinski definition) is 5. The van der Waals surface area contributed by atoms with E-state index in [2.05, 4.69) is 5.16 Å². The van der Waals surface area contributed by atoms with Gasteiger partial charge < -0.3 is 10.6 Å². The number of nitrogens with zero attached hydrogens (tertiary/aromatic N) is 2. The molecule has 27 heavy (non-hydrogen) atoms. The van der Waals surface area contributed by atoms with Gasteiger partial charge in [-0.1, -0.05) is 53.7 Å². The Morgan fingerprint density at radius 1 is 1.00 bits per heavy atom. The highest BCUT2D eigenvalue weighted by molar-refractivity contribution is 7.89. The van der Waals surface area contributed by atoms with Gasteiger partial charge in [-0.25, -0.2) is 13.2 Å². The lowest BCUT2D eigenvalue weighted by Gasteiger charge is -2.29. The Kier molecular flexibility index (Phi) is 5.88. The number of nitrogens with two attached hydrogens (primary N) is 1. The molecule has 0 spiro atoms. The fourth-order valence-corrected chi connectivity index (χ4v) is 4.39. The van der Waals surface area contributed by atoms with Gasteiger partial charge in [0.15, 0.2) is 5.84 Å². The Morgan fingerprint density at radius 3 is 2.15 bits per heavy atom. The predicted octanol–water partition coefficient (Wildman–Crippen LogP) is 1.95. The number of rotatable bonds is 5. The average Bonchev–Trinajstić information content (AvgIpc) is 2.73. The molecule has 1 heterocycles. The maximum absolute atomic E-state index is 12.6. The van der Waals surface area contributed by atoms with Crippen LogP contribution >= 0.6 is 0 Å². The number of carbonyl (C=O) groups is 1. The lowest BCUT2D eigenvalue weighted by Crippen LogP contribution is -2.40. The predicted molar refractivity (Wildman–Crippen MR) is 101 cm³/mol. The molecule has 8 heteroatoms. The molecule has 2 aromatic rings. The molecule has 142 valence electrons. The van der Waals surface area contributed by atoms with Gasteiger partial charge in [-0.3, -0.25) is 0 Å². The SMILES string of the molecule is N/C(=N\OC(=O)C1CCN(S(=O)(=O)c2ccccc2)CC1)c1ccccc1. The van der Waals surface area contributed by atoms with Crippen LogP contribution in [-0.4, -0.2) is 37.6 Å². The van der Waals surface area contributed by atoms with Gasteiger partial charge in [-0.2, -0.15) is 4.31 Å². The molecule has 0 bridgehead atoms. The van der Waals surface area contributed by atoms with Crippen molar-refractivity contribution >= 4 is 21.8 Å². The number of benzene rings is 2. The molecule has 0 unspecified atom stereocenters. The topological polar surface area (TPSA) is 102 Å². The number of hydrogen-bond donors (Lipinski definition) is 1. The molecule has 1 aliphatic rings. The van der Waals surface area contributed by atoms with E-state index in [0.29, 0.717) is 18.4 Å². The van der Waals surface area contributed by atoms with Crippen LogP contribution in [0.2, 0.25) is 0 Å². The van der Waals surface area contributed by atoms with Gasteiger partial charge in [-0.15, -0.1) is 0 Å². The maximum atomic E-state index is 12.6. The molecule has 1 fully saturated rings. The molecule has 1 saturated heterocycles. The summed E-state index contributed by atoms with van der Waals surface area (Å²) in [4.78, 5) is 17.4. The molecular weight excluding hydrogens is 366 g/mol. The number of amidine groups is 1. The third-order valence-electron chi connectivity index (χ3n) is 4.47. The summed E-state index contributed by atoms with van der Waals surface area (Å²) >= 11 is 0. The Morgan fingerprint density at radius 2 is 1.56 bits per heavy atom. The summed E-state index contributed by atoms with van der Waals surface area (Å²) in [6.07, 6.45) is 0.761. The van der Waals surface area contributed by atoms with E-state index < -0.39 is 21.9 Å². The quantitative estimate of drug-likeness (QED) is 0.366. The molecule has 1 aliphatic heterocycles. The van der Waals surface area contributed by atoms with Crippen LogP contribution in [-0.2, 0) is 19.7 Å². The van der Waals surface area contributed by atoms with Crippen molar-refractivity contribution < 1.29 is 18.0 Å². The monoisotopic (exact) mass is 387 g/mol. The van der Waals surface area contributed by atoms with Crippen LogP contribution in [0.25, 0.3) is 0 Å². The first-order chi connectivity index (χ1) is 13.0. The summed E-state index contributed by atoms with van der Waals surface area (Å²) in [7, 11) is -3.54. The molecule has 3 rings (SSSR count). The molecule has 0 radical (unpaired) electrons. The van der Waals surface area contributed by atoms with Crippen molar-refractivity contribution in [1.82, 2.24) is 4.31 Å². The van der Waals surface area contributed by atoms with Crippen LogP contribution in [0.15, 0.2) is 70.7 Å². The van der Waals surface area contributed by atoms with Gasteiger partial charge in [0.2, 0.25) is 10.0 Å². The van der Waals surface area contributed by atoms with Crippen LogP contribution in [0.4, 0.5) is 0 Å². The van der Waals surface area contributed by atoms with E-state index in [1.54, 1.807) is 42.5 Å². The highest BCUT2D eigenvalue weighted by Gasteiger charge is 2.33. The fourth-order valence-electron chi connectivity index (χ4n) is 2.90. The van der Waals surface area contributed by atoms with Crippen LogP contribution in [0.3, 0.4) is 0 Å². The minimum atomic E-state index is -3.54. The molecular formula is C19H21N3O4S. The van der Waals surface area contributed by atoms with E-state index in [0.717, 1.165) is 0 Å². The van der Waals surface area contributed by atoms with E-state index in [9.17, 15) is 13.2 Å². The minimum absolute atomic E-state index is 0.119. The van der Waals surface area contributed by atoms with E-state index in [1.165, 1.54) is 4.31 Å². The average molecular weight is 387 g/mol. The van der Waals surface area contributed by atoms with Crippen molar-refractivity contribution in [3.05, 3.63) is 66.2 Å². The second-order valence-electron chi connectivity index (χ2n) is 6.24. The Bertz CT molecular complexity index is 906. The normalized spacial score (nSPS) is 16.8. The Hall–Kier alpha value is -2.71. The number of oxime groups is 1. The smallest absolute Gasteiger partial charge is 0.338 e. The fraction of sp³-hybridized carbons (Fsp3) is 0.263. The lowest BCUT2D eigenvalue weighted by molar-refractivity contribution is -0.149. The minimum Gasteiger partial charge on any atom is -0.380 e. The van der Waals surface area contributed by atoms with Gasteiger partial charge in [0.05, 0.1) is 10.8 Å². The summed E-state index contributed by atoms with van der Waals surface area (Å²) in [5.74, 6) is -0.779. The van der Waals surface area contributed by atoms with Crippen molar-refractivity contribution in [3.63, 3.8) is 0 Å². The summed E-state index contributed by atoms with van der Waals surface area (Å²) in [5, 5.41) is 3.70. The third-order valence-corrected chi connectivity index (χ3v) is 6.38. The van der Waals surface area contributed by atoms with Crippen molar-refractivity contribution in [1.29, 1.82) is 0 Å². The molecule has 7 nitrogen and oxygen atoms in total. The van der Waals surface area contributed by atoms with Crippen molar-refractivity contribution in [2.24, 2.45) is 16.8 Å². The Balaban J connectivity index is 1.57. The molecule has 0 saturated carbocycles. The van der Waals surface area contributed by atoms with E-state index in [-0.39, 0.29) is 23.8 Å². The molecule has 2 N–H and O–H groups in total. The van der Waals surface area contributed by atoms with Crippen LogP contribution < -0.4 is 5.73 Å². The molecule has 0 aromatic heterocycles. The van der Waals surface area contributed by atoms with Crippen molar-refractivity contribution in [3.8, 4) is 0 Å². The van der Waals surface area contributed by atoms with Gasteiger partial charge in [0, 0.05) is 18.7 Å². The Labute approximate surface area is 158 Å². The van der Waals surface area contributed by atoms with Gasteiger partial charge >= 0.3 is 5.97 Å². The highest BCUT2D eigenvalue weighted by atomic mass is 32.2.